The van der Waals surface area contributed by atoms with Crippen molar-refractivity contribution >= 4 is 35.0 Å². The number of benzene rings is 1. The van der Waals surface area contributed by atoms with Crippen molar-refractivity contribution in [2.75, 3.05) is 5.75 Å². The Bertz CT molecular complexity index is 513. The van der Waals surface area contributed by atoms with Crippen LogP contribution in [0.15, 0.2) is 53.8 Å². The van der Waals surface area contributed by atoms with Crippen LogP contribution in [-0.2, 0) is 5.75 Å². The third-order valence-corrected chi connectivity index (χ3v) is 4.48. The second-order valence-corrected chi connectivity index (χ2v) is 6.04. The van der Waals surface area contributed by atoms with E-state index in [1.165, 1.54) is 0 Å². The molecule has 0 fully saturated rings. The third-order valence-electron chi connectivity index (χ3n) is 2.79. The Labute approximate surface area is 127 Å². The molecule has 0 atom stereocenters. The van der Waals surface area contributed by atoms with Crippen molar-refractivity contribution in [1.82, 2.24) is 0 Å². The maximum absolute atomic E-state index is 9.87. The van der Waals surface area contributed by atoms with Gasteiger partial charge in [0.25, 0.3) is 0 Å². The van der Waals surface area contributed by atoms with Crippen LogP contribution in [0.2, 0.25) is 10.0 Å². The van der Waals surface area contributed by atoms with E-state index in [9.17, 15) is 5.11 Å². The highest BCUT2D eigenvalue weighted by Gasteiger charge is 2.06. The zero-order chi connectivity index (χ0) is 13.7. The first kappa shape index (κ1) is 14.6. The third kappa shape index (κ3) is 4.07. The molecule has 2 rings (SSSR count). The molecule has 1 aromatic carbocycles. The molecule has 0 saturated heterocycles. The molecule has 0 heterocycles. The predicted molar refractivity (Wildman–Crippen MR) is 85.2 cm³/mol. The minimum Gasteiger partial charge on any atom is -0.512 e. The van der Waals surface area contributed by atoms with E-state index >= 15 is 0 Å². The summed E-state index contributed by atoms with van der Waals surface area (Å²) in [6, 6.07) is 5.53. The lowest BCUT2D eigenvalue weighted by molar-refractivity contribution is 0.392. The van der Waals surface area contributed by atoms with Crippen LogP contribution in [0.4, 0.5) is 0 Å². The molecule has 0 bridgehead atoms. The highest BCUT2D eigenvalue weighted by molar-refractivity contribution is 7.98. The quantitative estimate of drug-likeness (QED) is 0.567. The first-order chi connectivity index (χ1) is 9.18. The summed E-state index contributed by atoms with van der Waals surface area (Å²) in [6.45, 7) is 0. The second kappa shape index (κ2) is 7.09. The molecule has 0 unspecified atom stereocenters. The maximum Gasteiger partial charge on any atom is 0.100 e. The molecule has 19 heavy (non-hydrogen) atoms. The first-order valence-electron chi connectivity index (χ1n) is 5.96. The molecule has 0 aromatic heterocycles. The number of allylic oxidation sites excluding steroid dienone is 6. The number of hydrogen-bond acceptors (Lipinski definition) is 2. The minimum atomic E-state index is 0.433. The molecule has 1 nitrogen and oxygen atoms in total. The van der Waals surface area contributed by atoms with Crippen LogP contribution in [-0.4, -0.2) is 10.9 Å². The summed E-state index contributed by atoms with van der Waals surface area (Å²) in [5.41, 5.74) is 1.86. The van der Waals surface area contributed by atoms with Gasteiger partial charge in [-0.3, -0.25) is 0 Å². The van der Waals surface area contributed by atoms with Gasteiger partial charge in [0.15, 0.2) is 0 Å². The molecule has 0 saturated carbocycles. The molecule has 100 valence electrons. The van der Waals surface area contributed by atoms with E-state index in [0.29, 0.717) is 22.2 Å². The molecule has 1 aromatic rings. The summed E-state index contributed by atoms with van der Waals surface area (Å²) in [4.78, 5) is 0. The van der Waals surface area contributed by atoms with Gasteiger partial charge < -0.3 is 5.11 Å². The van der Waals surface area contributed by atoms with Gasteiger partial charge in [0.2, 0.25) is 0 Å². The number of thioether (sulfide) groups is 1. The number of aliphatic hydroxyl groups excluding tert-OH is 1. The van der Waals surface area contributed by atoms with E-state index in [-0.39, 0.29) is 0 Å². The number of rotatable bonds is 5. The van der Waals surface area contributed by atoms with E-state index in [1.54, 1.807) is 11.8 Å². The highest BCUT2D eigenvalue weighted by Crippen LogP contribution is 2.28. The van der Waals surface area contributed by atoms with Gasteiger partial charge in [-0.1, -0.05) is 53.6 Å². The zero-order valence-corrected chi connectivity index (χ0v) is 12.6. The second-order valence-electron chi connectivity index (χ2n) is 4.12. The fraction of sp³-hybridized carbons (Fsp3) is 0.200. The number of halogens is 2. The Morgan fingerprint density at radius 3 is 2.37 bits per heavy atom. The molecular formula is C15H14Cl2OS. The Hall–Kier alpha value is -0.830. The van der Waals surface area contributed by atoms with Crippen LogP contribution >= 0.6 is 35.0 Å². The summed E-state index contributed by atoms with van der Waals surface area (Å²) < 4.78 is 0. The van der Waals surface area contributed by atoms with Crippen molar-refractivity contribution in [3.63, 3.8) is 0 Å². The Morgan fingerprint density at radius 2 is 1.74 bits per heavy atom. The molecule has 1 aliphatic rings. The fourth-order valence-corrected chi connectivity index (χ4v) is 3.41. The van der Waals surface area contributed by atoms with Crippen LogP contribution in [0.3, 0.4) is 0 Å². The maximum atomic E-state index is 9.87. The van der Waals surface area contributed by atoms with Crippen LogP contribution in [0.1, 0.15) is 12.0 Å². The highest BCUT2D eigenvalue weighted by atomic mass is 35.5. The van der Waals surface area contributed by atoms with Gasteiger partial charge >= 0.3 is 0 Å². The van der Waals surface area contributed by atoms with E-state index in [2.05, 4.69) is 0 Å². The molecule has 0 radical (unpaired) electrons. The van der Waals surface area contributed by atoms with Crippen molar-refractivity contribution in [2.45, 2.75) is 12.2 Å². The molecule has 4 heteroatoms. The Balaban J connectivity index is 1.83. The topological polar surface area (TPSA) is 20.2 Å². The Kier molecular flexibility index (Phi) is 5.44. The normalized spacial score (nSPS) is 13.3. The molecule has 0 aliphatic heterocycles. The van der Waals surface area contributed by atoms with Crippen LogP contribution in [0.25, 0.3) is 0 Å². The van der Waals surface area contributed by atoms with Crippen molar-refractivity contribution in [3.8, 4) is 0 Å². The molecular weight excluding hydrogens is 299 g/mol. The Morgan fingerprint density at radius 1 is 1.11 bits per heavy atom. The lowest BCUT2D eigenvalue weighted by Gasteiger charge is -2.07. The summed E-state index contributed by atoms with van der Waals surface area (Å²) in [7, 11) is 0. The number of hydrogen-bond donors (Lipinski definition) is 1. The molecule has 1 aliphatic carbocycles. The fourth-order valence-electron chi connectivity index (χ4n) is 1.72. The number of aliphatic hydroxyl groups is 1. The van der Waals surface area contributed by atoms with Crippen molar-refractivity contribution < 1.29 is 5.11 Å². The van der Waals surface area contributed by atoms with Gasteiger partial charge in [0.05, 0.1) is 0 Å². The van der Waals surface area contributed by atoms with E-state index < -0.39 is 0 Å². The minimum absolute atomic E-state index is 0.433. The monoisotopic (exact) mass is 312 g/mol. The smallest absolute Gasteiger partial charge is 0.100 e. The SMILES string of the molecule is OC(CCSCc1c(Cl)cccc1Cl)=C1C=CC=C1. The van der Waals surface area contributed by atoms with Gasteiger partial charge in [0.1, 0.15) is 5.76 Å². The average molecular weight is 313 g/mol. The molecule has 0 spiro atoms. The van der Waals surface area contributed by atoms with E-state index in [1.807, 2.05) is 42.5 Å². The van der Waals surface area contributed by atoms with Crippen LogP contribution in [0, 0.1) is 0 Å². The van der Waals surface area contributed by atoms with Gasteiger partial charge in [0, 0.05) is 33.5 Å². The van der Waals surface area contributed by atoms with Crippen molar-refractivity contribution in [2.24, 2.45) is 0 Å². The largest absolute Gasteiger partial charge is 0.512 e. The summed E-state index contributed by atoms with van der Waals surface area (Å²) in [6.07, 6.45) is 8.30. The van der Waals surface area contributed by atoms with E-state index in [4.69, 9.17) is 23.2 Å². The lowest BCUT2D eigenvalue weighted by Crippen LogP contribution is -1.91. The van der Waals surface area contributed by atoms with Crippen molar-refractivity contribution in [1.29, 1.82) is 0 Å². The van der Waals surface area contributed by atoms with Gasteiger partial charge in [-0.2, -0.15) is 11.8 Å². The van der Waals surface area contributed by atoms with Crippen molar-refractivity contribution in [3.05, 3.63) is 69.4 Å². The van der Waals surface area contributed by atoms with E-state index in [0.717, 1.165) is 22.6 Å². The van der Waals surface area contributed by atoms with Crippen LogP contribution < -0.4 is 0 Å². The standard InChI is InChI=1S/C15H14Cl2OS/c16-13-6-3-7-14(17)12(13)10-19-9-8-15(18)11-4-1-2-5-11/h1-7,18H,8-10H2. The zero-order valence-electron chi connectivity index (χ0n) is 10.3. The summed E-state index contributed by atoms with van der Waals surface area (Å²) in [5, 5.41) is 11.3. The lowest BCUT2D eigenvalue weighted by atomic mass is 10.2. The first-order valence-corrected chi connectivity index (χ1v) is 7.87. The van der Waals surface area contributed by atoms with Gasteiger partial charge in [-0.25, -0.2) is 0 Å². The molecule has 0 amide bonds. The summed E-state index contributed by atoms with van der Waals surface area (Å²) in [5.74, 6) is 2.02. The van der Waals surface area contributed by atoms with Gasteiger partial charge in [-0.05, 0) is 17.7 Å². The molecule has 1 N–H and O–H groups in total. The van der Waals surface area contributed by atoms with Gasteiger partial charge in [-0.15, -0.1) is 0 Å². The summed E-state index contributed by atoms with van der Waals surface area (Å²) >= 11 is 13.9. The predicted octanol–water partition coefficient (Wildman–Crippen LogP) is 5.55. The van der Waals surface area contributed by atoms with Crippen LogP contribution in [0.5, 0.6) is 0 Å². The average Bonchev–Trinajstić information content (AvgIpc) is 2.91.